The van der Waals surface area contributed by atoms with E-state index in [0.29, 0.717) is 24.4 Å². The molecule has 0 aliphatic carbocycles. The lowest BCUT2D eigenvalue weighted by Gasteiger charge is -2.38. The number of aromatic nitrogens is 1. The number of amides is 1. The fourth-order valence-electron chi connectivity index (χ4n) is 3.88. The summed E-state index contributed by atoms with van der Waals surface area (Å²) in [5, 5.41) is 9.77. The van der Waals surface area contributed by atoms with Gasteiger partial charge in [0.1, 0.15) is 11.9 Å². The predicted molar refractivity (Wildman–Crippen MR) is 123 cm³/mol. The van der Waals surface area contributed by atoms with Gasteiger partial charge in [0.05, 0.1) is 18.2 Å². The molecule has 2 heterocycles. The zero-order valence-corrected chi connectivity index (χ0v) is 19.2. The van der Waals surface area contributed by atoms with Crippen molar-refractivity contribution in [3.63, 3.8) is 0 Å². The number of hydrogen-bond donors (Lipinski definition) is 1. The average molecular weight is 427 g/mol. The molecule has 2 aromatic rings. The number of aliphatic hydroxyl groups excluding tert-OH is 1. The van der Waals surface area contributed by atoms with Crippen molar-refractivity contribution in [2.75, 3.05) is 45.7 Å². The van der Waals surface area contributed by atoms with Crippen molar-refractivity contribution in [1.82, 2.24) is 14.8 Å². The minimum absolute atomic E-state index is 0.0748. The van der Waals surface area contributed by atoms with Crippen LogP contribution in [0.4, 0.5) is 5.69 Å². The Morgan fingerprint density at radius 2 is 1.94 bits per heavy atom. The minimum Gasteiger partial charge on any atom is -0.488 e. The molecule has 0 radical (unpaired) electrons. The molecule has 0 spiro atoms. The molecule has 3 rings (SSSR count). The molecule has 1 aliphatic heterocycles. The summed E-state index contributed by atoms with van der Waals surface area (Å²) < 4.78 is 6.44. The third kappa shape index (κ3) is 5.54. The molecule has 1 aromatic heterocycles. The lowest BCUT2D eigenvalue weighted by Crippen LogP contribution is -2.49. The van der Waals surface area contributed by atoms with E-state index in [0.717, 1.165) is 12.2 Å². The molecule has 7 nitrogen and oxygen atoms in total. The molecule has 1 aliphatic rings. The predicted octanol–water partition coefficient (Wildman–Crippen LogP) is 2.50. The number of anilines is 1. The molecular formula is C24H34N4O3. The van der Waals surface area contributed by atoms with Crippen molar-refractivity contribution in [3.05, 3.63) is 53.9 Å². The quantitative estimate of drug-likeness (QED) is 0.734. The monoisotopic (exact) mass is 426 g/mol. The number of likely N-dealkylation sites (N-methyl/N-ethyl adjacent to an activating group) is 1. The Morgan fingerprint density at radius 3 is 2.58 bits per heavy atom. The summed E-state index contributed by atoms with van der Waals surface area (Å²) in [5.41, 5.74) is 2.67. The molecule has 1 amide bonds. The summed E-state index contributed by atoms with van der Waals surface area (Å²) in [6.07, 6.45) is 3.50. The van der Waals surface area contributed by atoms with Crippen LogP contribution in [0.25, 0.3) is 0 Å². The van der Waals surface area contributed by atoms with Gasteiger partial charge in [0.2, 0.25) is 0 Å². The fourth-order valence-corrected chi connectivity index (χ4v) is 3.88. The third-order valence-corrected chi connectivity index (χ3v) is 5.86. The molecule has 0 saturated carbocycles. The molecule has 0 unspecified atom stereocenters. The first-order valence-corrected chi connectivity index (χ1v) is 10.8. The van der Waals surface area contributed by atoms with Gasteiger partial charge in [-0.05, 0) is 49.9 Å². The second-order valence-electron chi connectivity index (χ2n) is 8.75. The summed E-state index contributed by atoms with van der Waals surface area (Å²) in [6.45, 7) is 5.95. The van der Waals surface area contributed by atoms with Crippen LogP contribution in [0.1, 0.15) is 29.8 Å². The van der Waals surface area contributed by atoms with Crippen molar-refractivity contribution >= 4 is 11.6 Å². The van der Waals surface area contributed by atoms with Crippen LogP contribution < -0.4 is 9.64 Å². The Morgan fingerprint density at radius 1 is 1.23 bits per heavy atom. The lowest BCUT2D eigenvalue weighted by atomic mass is 9.99. The third-order valence-electron chi connectivity index (χ3n) is 5.86. The zero-order valence-electron chi connectivity index (χ0n) is 19.2. The normalized spacial score (nSPS) is 20.0. The highest BCUT2D eigenvalue weighted by Gasteiger charge is 2.33. The molecule has 31 heavy (non-hydrogen) atoms. The summed E-state index contributed by atoms with van der Waals surface area (Å²) in [7, 11) is 5.97. The average Bonchev–Trinajstić information content (AvgIpc) is 2.75. The van der Waals surface area contributed by atoms with Crippen molar-refractivity contribution in [2.45, 2.75) is 32.5 Å². The van der Waals surface area contributed by atoms with Gasteiger partial charge in [-0.2, -0.15) is 0 Å². The fraction of sp³-hybridized carbons (Fsp3) is 0.500. The zero-order chi connectivity index (χ0) is 22.5. The van der Waals surface area contributed by atoms with E-state index in [4.69, 9.17) is 4.74 Å². The van der Waals surface area contributed by atoms with E-state index in [1.807, 2.05) is 56.3 Å². The van der Waals surface area contributed by atoms with E-state index in [1.54, 1.807) is 17.3 Å². The molecule has 0 saturated heterocycles. The molecule has 0 fully saturated rings. The van der Waals surface area contributed by atoms with Gasteiger partial charge in [-0.3, -0.25) is 14.7 Å². The van der Waals surface area contributed by atoms with Crippen molar-refractivity contribution in [2.24, 2.45) is 5.92 Å². The minimum atomic E-state index is -0.265. The standard InChI is InChI=1S/C24H34N4O3/c1-17-13-28(18(2)16-29)24(30)21-12-20(26(3)4)6-7-22(21)31-23(17)15-27(5)14-19-8-10-25-11-9-19/h6-12,17-18,23,29H,13-16H2,1-5H3/t17-,18+,23-/m0/s1. The molecule has 1 N–H and O–H groups in total. The maximum atomic E-state index is 13.4. The Hall–Kier alpha value is -2.64. The molecule has 3 atom stereocenters. The Labute approximate surface area is 185 Å². The van der Waals surface area contributed by atoms with E-state index in [-0.39, 0.29) is 30.6 Å². The van der Waals surface area contributed by atoms with E-state index in [2.05, 4.69) is 23.9 Å². The summed E-state index contributed by atoms with van der Waals surface area (Å²) in [4.78, 5) is 23.4. The number of aliphatic hydroxyl groups is 1. The molecule has 1 aromatic carbocycles. The Balaban J connectivity index is 1.89. The van der Waals surface area contributed by atoms with Gasteiger partial charge in [0.15, 0.2) is 0 Å². The van der Waals surface area contributed by atoms with Gasteiger partial charge < -0.3 is 19.6 Å². The van der Waals surface area contributed by atoms with Gasteiger partial charge in [0.25, 0.3) is 5.91 Å². The number of pyridine rings is 1. The number of benzene rings is 1. The lowest BCUT2D eigenvalue weighted by molar-refractivity contribution is 0.0341. The van der Waals surface area contributed by atoms with Crippen LogP contribution in [0.15, 0.2) is 42.7 Å². The van der Waals surface area contributed by atoms with Crippen LogP contribution in [-0.4, -0.2) is 78.8 Å². The summed E-state index contributed by atoms with van der Waals surface area (Å²) >= 11 is 0. The topological polar surface area (TPSA) is 69.1 Å². The highest BCUT2D eigenvalue weighted by Crippen LogP contribution is 2.31. The van der Waals surface area contributed by atoms with Gasteiger partial charge in [0, 0.05) is 57.7 Å². The maximum absolute atomic E-state index is 13.4. The van der Waals surface area contributed by atoms with Crippen LogP contribution in [0.3, 0.4) is 0 Å². The van der Waals surface area contributed by atoms with Crippen LogP contribution in [-0.2, 0) is 6.54 Å². The first-order valence-electron chi connectivity index (χ1n) is 10.8. The van der Waals surface area contributed by atoms with E-state index >= 15 is 0 Å². The first-order chi connectivity index (χ1) is 14.8. The Bertz CT molecular complexity index is 874. The number of carbonyl (C=O) groups is 1. The van der Waals surface area contributed by atoms with Gasteiger partial charge >= 0.3 is 0 Å². The van der Waals surface area contributed by atoms with Crippen molar-refractivity contribution < 1.29 is 14.6 Å². The number of ether oxygens (including phenoxy) is 1. The van der Waals surface area contributed by atoms with Crippen molar-refractivity contribution in [1.29, 1.82) is 0 Å². The van der Waals surface area contributed by atoms with E-state index in [9.17, 15) is 9.90 Å². The number of fused-ring (bicyclic) bond motifs is 1. The van der Waals surface area contributed by atoms with Crippen LogP contribution in [0.2, 0.25) is 0 Å². The second kappa shape index (κ2) is 10.1. The van der Waals surface area contributed by atoms with Crippen LogP contribution >= 0.6 is 0 Å². The Kier molecular flexibility index (Phi) is 7.51. The van der Waals surface area contributed by atoms with Gasteiger partial charge in [-0.1, -0.05) is 6.92 Å². The highest BCUT2D eigenvalue weighted by atomic mass is 16.5. The SMILES string of the molecule is C[C@H](CO)N1C[C@H](C)[C@H](CN(C)Cc2ccncc2)Oc2ccc(N(C)C)cc2C1=O. The van der Waals surface area contributed by atoms with E-state index in [1.165, 1.54) is 5.56 Å². The van der Waals surface area contributed by atoms with Crippen molar-refractivity contribution in [3.8, 4) is 5.75 Å². The summed E-state index contributed by atoms with van der Waals surface area (Å²) in [6, 6.07) is 9.50. The molecular weight excluding hydrogens is 392 g/mol. The van der Waals surface area contributed by atoms with E-state index < -0.39 is 0 Å². The summed E-state index contributed by atoms with van der Waals surface area (Å²) in [5.74, 6) is 0.592. The van der Waals surface area contributed by atoms with Crippen LogP contribution in [0, 0.1) is 5.92 Å². The molecule has 7 heteroatoms. The highest BCUT2D eigenvalue weighted by molar-refractivity contribution is 5.98. The number of rotatable bonds is 7. The smallest absolute Gasteiger partial charge is 0.258 e. The van der Waals surface area contributed by atoms with Gasteiger partial charge in [-0.25, -0.2) is 0 Å². The first kappa shape index (κ1) is 23.0. The maximum Gasteiger partial charge on any atom is 0.258 e. The largest absolute Gasteiger partial charge is 0.488 e. The molecule has 0 bridgehead atoms. The number of carbonyl (C=O) groups excluding carboxylic acids is 1. The number of hydrogen-bond acceptors (Lipinski definition) is 6. The van der Waals surface area contributed by atoms with Gasteiger partial charge in [-0.15, -0.1) is 0 Å². The van der Waals surface area contributed by atoms with Crippen LogP contribution in [0.5, 0.6) is 5.75 Å². The number of nitrogens with zero attached hydrogens (tertiary/aromatic N) is 4. The molecule has 168 valence electrons. The second-order valence-corrected chi connectivity index (χ2v) is 8.75.